The van der Waals surface area contributed by atoms with Crippen LogP contribution in [-0.2, 0) is 4.74 Å². The molecule has 0 spiro atoms. The molecule has 1 aromatic rings. The van der Waals surface area contributed by atoms with Crippen LogP contribution in [0.4, 0.5) is 0 Å². The van der Waals surface area contributed by atoms with Gasteiger partial charge in [0.15, 0.2) is 6.29 Å². The van der Waals surface area contributed by atoms with Crippen LogP contribution in [0.1, 0.15) is 24.3 Å². The molecule has 2 fully saturated rings. The van der Waals surface area contributed by atoms with E-state index in [4.69, 9.17) is 4.74 Å². The van der Waals surface area contributed by atoms with Crippen LogP contribution in [-0.4, -0.2) is 39.7 Å². The van der Waals surface area contributed by atoms with Gasteiger partial charge >= 0.3 is 0 Å². The zero-order valence-electron chi connectivity index (χ0n) is 10.9. The average Bonchev–Trinajstić information content (AvgIpc) is 2.45. The lowest BCUT2D eigenvalue weighted by Gasteiger charge is -2.49. The lowest BCUT2D eigenvalue weighted by Crippen LogP contribution is -2.66. The zero-order valence-corrected chi connectivity index (χ0v) is 10.9. The SMILES string of the molecule is O=[N+]([O-])[C@]12COC(O)[C@H](CC[C@@H]1O)[C@H]2c1ccccc1. The highest BCUT2D eigenvalue weighted by molar-refractivity contribution is 5.27. The van der Waals surface area contributed by atoms with Crippen molar-refractivity contribution in [2.24, 2.45) is 5.92 Å². The molecular weight excluding hydrogens is 262 g/mol. The van der Waals surface area contributed by atoms with Gasteiger partial charge in [-0.25, -0.2) is 0 Å². The number of aliphatic hydroxyl groups excluding tert-OH is 2. The smallest absolute Gasteiger partial charge is 0.277 e. The fourth-order valence-electron chi connectivity index (χ4n) is 3.66. The van der Waals surface area contributed by atoms with Gasteiger partial charge in [-0.1, -0.05) is 30.3 Å². The predicted octanol–water partition coefficient (Wildman–Crippen LogP) is 0.905. The van der Waals surface area contributed by atoms with Crippen molar-refractivity contribution in [1.29, 1.82) is 0 Å². The van der Waals surface area contributed by atoms with Gasteiger partial charge in [0.2, 0.25) is 0 Å². The Morgan fingerprint density at radius 2 is 1.95 bits per heavy atom. The summed E-state index contributed by atoms with van der Waals surface area (Å²) in [6, 6.07) is 9.09. The van der Waals surface area contributed by atoms with E-state index in [9.17, 15) is 20.3 Å². The maximum Gasteiger partial charge on any atom is 0.277 e. The lowest BCUT2D eigenvalue weighted by atomic mass is 9.61. The number of nitrogens with zero attached hydrogens (tertiary/aromatic N) is 1. The molecule has 1 saturated heterocycles. The summed E-state index contributed by atoms with van der Waals surface area (Å²) in [5.74, 6) is -0.897. The monoisotopic (exact) mass is 279 g/mol. The van der Waals surface area contributed by atoms with Gasteiger partial charge in [-0.3, -0.25) is 10.1 Å². The second-order valence-corrected chi connectivity index (χ2v) is 5.60. The Labute approximate surface area is 116 Å². The zero-order chi connectivity index (χ0) is 14.3. The molecule has 1 aliphatic carbocycles. The van der Waals surface area contributed by atoms with Crippen LogP contribution in [0.3, 0.4) is 0 Å². The van der Waals surface area contributed by atoms with Gasteiger partial charge in [0.05, 0.1) is 5.92 Å². The van der Waals surface area contributed by atoms with Gasteiger partial charge in [-0.2, -0.15) is 0 Å². The van der Waals surface area contributed by atoms with Gasteiger partial charge in [0.1, 0.15) is 12.7 Å². The van der Waals surface area contributed by atoms with Crippen molar-refractivity contribution in [3.05, 3.63) is 46.0 Å². The molecular formula is C14H17NO5. The standard InChI is InChI=1S/C14H17NO5/c16-11-7-6-10-12(9-4-2-1-3-5-9)14(11,15(18)19)8-20-13(10)17/h1-5,10-13,16-17H,6-8H2/t10-,11+,12-,13?,14-/m1/s1. The summed E-state index contributed by atoms with van der Waals surface area (Å²) >= 11 is 0. The number of hydrogen-bond donors (Lipinski definition) is 2. The molecule has 3 rings (SSSR count). The minimum Gasteiger partial charge on any atom is -0.386 e. The highest BCUT2D eigenvalue weighted by Crippen LogP contribution is 2.51. The summed E-state index contributed by atoms with van der Waals surface area (Å²) < 4.78 is 5.19. The first-order chi connectivity index (χ1) is 9.57. The van der Waals surface area contributed by atoms with Crippen LogP contribution in [0.5, 0.6) is 0 Å². The molecule has 108 valence electrons. The van der Waals surface area contributed by atoms with E-state index in [1.54, 1.807) is 0 Å². The highest BCUT2D eigenvalue weighted by Gasteiger charge is 2.65. The summed E-state index contributed by atoms with van der Waals surface area (Å²) in [4.78, 5) is 11.2. The Kier molecular flexibility index (Phi) is 3.24. The molecule has 5 atom stereocenters. The first kappa shape index (κ1) is 13.5. The summed E-state index contributed by atoms with van der Waals surface area (Å²) in [6.45, 7) is -0.265. The largest absolute Gasteiger partial charge is 0.386 e. The van der Waals surface area contributed by atoms with Crippen molar-refractivity contribution in [2.75, 3.05) is 6.61 Å². The summed E-state index contributed by atoms with van der Waals surface area (Å²) in [5, 5.41) is 31.9. The number of hydrogen-bond acceptors (Lipinski definition) is 5. The molecule has 6 nitrogen and oxygen atoms in total. The fraction of sp³-hybridized carbons (Fsp3) is 0.571. The van der Waals surface area contributed by atoms with Crippen LogP contribution in [0.2, 0.25) is 0 Å². The molecule has 1 saturated carbocycles. The van der Waals surface area contributed by atoms with Gasteiger partial charge in [0.25, 0.3) is 5.54 Å². The lowest BCUT2D eigenvalue weighted by molar-refractivity contribution is -0.607. The van der Waals surface area contributed by atoms with Crippen molar-refractivity contribution >= 4 is 0 Å². The molecule has 1 heterocycles. The van der Waals surface area contributed by atoms with E-state index in [-0.39, 0.29) is 12.5 Å². The van der Waals surface area contributed by atoms with E-state index >= 15 is 0 Å². The van der Waals surface area contributed by atoms with E-state index in [1.807, 2.05) is 30.3 Å². The molecule has 0 radical (unpaired) electrons. The van der Waals surface area contributed by atoms with Crippen LogP contribution in [0.15, 0.2) is 30.3 Å². The van der Waals surface area contributed by atoms with Crippen molar-refractivity contribution in [3.8, 4) is 0 Å². The Bertz CT molecular complexity index is 508. The van der Waals surface area contributed by atoms with Crippen LogP contribution in [0.25, 0.3) is 0 Å². The minimum absolute atomic E-state index is 0.265. The number of fused-ring (bicyclic) bond motifs is 2. The van der Waals surface area contributed by atoms with Crippen molar-refractivity contribution < 1.29 is 19.9 Å². The number of rotatable bonds is 2. The predicted molar refractivity (Wildman–Crippen MR) is 69.6 cm³/mol. The molecule has 1 unspecified atom stereocenters. The van der Waals surface area contributed by atoms with Crippen LogP contribution in [0, 0.1) is 16.0 Å². The Morgan fingerprint density at radius 1 is 1.25 bits per heavy atom. The van der Waals surface area contributed by atoms with Gasteiger partial charge in [-0.15, -0.1) is 0 Å². The van der Waals surface area contributed by atoms with Crippen molar-refractivity contribution in [3.63, 3.8) is 0 Å². The topological polar surface area (TPSA) is 92.8 Å². The fourth-order valence-corrected chi connectivity index (χ4v) is 3.66. The minimum atomic E-state index is -1.57. The van der Waals surface area contributed by atoms with Gasteiger partial charge in [0, 0.05) is 10.8 Å². The molecule has 0 amide bonds. The Morgan fingerprint density at radius 3 is 2.60 bits per heavy atom. The van der Waals surface area contributed by atoms with E-state index in [2.05, 4.69) is 0 Å². The molecule has 0 aromatic heterocycles. The number of ether oxygens (including phenoxy) is 1. The van der Waals surface area contributed by atoms with E-state index < -0.39 is 28.8 Å². The van der Waals surface area contributed by atoms with Crippen molar-refractivity contribution in [2.45, 2.75) is 36.7 Å². The quantitative estimate of drug-likeness (QED) is 0.620. The van der Waals surface area contributed by atoms with Crippen molar-refractivity contribution in [1.82, 2.24) is 0 Å². The molecule has 1 aromatic carbocycles. The maximum absolute atomic E-state index is 11.7. The average molecular weight is 279 g/mol. The highest BCUT2D eigenvalue weighted by atomic mass is 16.7. The molecule has 6 heteroatoms. The molecule has 20 heavy (non-hydrogen) atoms. The van der Waals surface area contributed by atoms with Gasteiger partial charge in [-0.05, 0) is 18.4 Å². The first-order valence-electron chi connectivity index (χ1n) is 6.74. The Balaban J connectivity index is 2.13. The molecule has 2 N–H and O–H groups in total. The normalized spacial score (nSPS) is 40.3. The summed E-state index contributed by atoms with van der Waals surface area (Å²) in [5.41, 5.74) is -0.793. The third-order valence-corrected chi connectivity index (χ3v) is 4.67. The number of benzene rings is 1. The third kappa shape index (κ3) is 1.76. The molecule has 2 aliphatic rings. The Hall–Kier alpha value is -1.50. The van der Waals surface area contributed by atoms with Gasteiger partial charge < -0.3 is 14.9 Å². The van der Waals surface area contributed by atoms with E-state index in [0.717, 1.165) is 5.56 Å². The maximum atomic E-state index is 11.7. The summed E-state index contributed by atoms with van der Waals surface area (Å²) in [7, 11) is 0. The number of aliphatic hydroxyl groups is 2. The summed E-state index contributed by atoms with van der Waals surface area (Å²) in [6.07, 6.45) is -1.25. The van der Waals surface area contributed by atoms with E-state index in [1.165, 1.54) is 0 Å². The van der Waals surface area contributed by atoms with Crippen LogP contribution >= 0.6 is 0 Å². The van der Waals surface area contributed by atoms with Crippen LogP contribution < -0.4 is 0 Å². The second-order valence-electron chi connectivity index (χ2n) is 5.60. The second kappa shape index (κ2) is 4.80. The molecule has 1 aliphatic heterocycles. The number of nitro groups is 1. The third-order valence-electron chi connectivity index (χ3n) is 4.67. The first-order valence-corrected chi connectivity index (χ1v) is 6.74. The van der Waals surface area contributed by atoms with E-state index in [0.29, 0.717) is 12.8 Å². The molecule has 2 bridgehead atoms.